The van der Waals surface area contributed by atoms with E-state index in [9.17, 15) is 0 Å². The summed E-state index contributed by atoms with van der Waals surface area (Å²) in [6.45, 7) is 6.12. The van der Waals surface area contributed by atoms with Crippen molar-refractivity contribution in [2.45, 2.75) is 33.2 Å². The van der Waals surface area contributed by atoms with Crippen LogP contribution >= 0.6 is 0 Å². The average molecular weight is 285 g/mol. The van der Waals surface area contributed by atoms with E-state index >= 15 is 0 Å². The highest BCUT2D eigenvalue weighted by atomic mass is 16.5. The van der Waals surface area contributed by atoms with Crippen LogP contribution in [-0.4, -0.2) is 23.2 Å². The zero-order chi connectivity index (χ0) is 15.0. The maximum atomic E-state index is 5.95. The van der Waals surface area contributed by atoms with Crippen LogP contribution in [-0.2, 0) is 6.42 Å². The van der Waals surface area contributed by atoms with Gasteiger partial charge in [-0.25, -0.2) is 0 Å². The molecule has 21 heavy (non-hydrogen) atoms. The number of likely N-dealkylation sites (N-methyl/N-ethyl adjacent to an activating group) is 1. The molecule has 0 amide bonds. The fourth-order valence-electron chi connectivity index (χ4n) is 2.39. The molecule has 5 nitrogen and oxygen atoms in total. The van der Waals surface area contributed by atoms with Crippen LogP contribution in [0.3, 0.4) is 0 Å². The third kappa shape index (κ3) is 2.45. The molecule has 0 aliphatic heterocycles. The molecule has 3 rings (SSSR count). The van der Waals surface area contributed by atoms with E-state index in [1.54, 1.807) is 0 Å². The number of nitrogens with zero attached hydrogens (tertiary/aromatic N) is 2. The highest BCUT2D eigenvalue weighted by Crippen LogP contribution is 2.33. The third-order valence-electron chi connectivity index (χ3n) is 3.80. The van der Waals surface area contributed by atoms with Gasteiger partial charge in [0.15, 0.2) is 11.6 Å². The lowest BCUT2D eigenvalue weighted by molar-refractivity contribution is 0.407. The Labute approximate surface area is 123 Å². The summed E-state index contributed by atoms with van der Waals surface area (Å²) in [5, 5.41) is 8.28. The van der Waals surface area contributed by atoms with Gasteiger partial charge in [0.1, 0.15) is 5.58 Å². The van der Waals surface area contributed by atoms with Gasteiger partial charge in [-0.2, -0.15) is 4.98 Å². The Kier molecular flexibility index (Phi) is 3.51. The van der Waals surface area contributed by atoms with Gasteiger partial charge in [-0.3, -0.25) is 0 Å². The van der Waals surface area contributed by atoms with Crippen LogP contribution < -0.4 is 5.32 Å². The van der Waals surface area contributed by atoms with Crippen molar-refractivity contribution >= 4 is 11.0 Å². The minimum absolute atomic E-state index is 0.300. The van der Waals surface area contributed by atoms with Gasteiger partial charge < -0.3 is 14.3 Å². The molecule has 2 heterocycles. The van der Waals surface area contributed by atoms with E-state index in [1.165, 1.54) is 0 Å². The summed E-state index contributed by atoms with van der Waals surface area (Å²) >= 11 is 0. The number of para-hydroxylation sites is 1. The van der Waals surface area contributed by atoms with Gasteiger partial charge >= 0.3 is 0 Å². The molecule has 2 aromatic heterocycles. The van der Waals surface area contributed by atoms with Crippen LogP contribution in [0.25, 0.3) is 22.6 Å². The van der Waals surface area contributed by atoms with Crippen molar-refractivity contribution in [2.24, 2.45) is 0 Å². The number of benzene rings is 1. The first-order valence-electron chi connectivity index (χ1n) is 7.09. The zero-order valence-electron chi connectivity index (χ0n) is 12.7. The summed E-state index contributed by atoms with van der Waals surface area (Å²) in [7, 11) is 1.91. The number of aryl methyl sites for hydroxylation is 2. The van der Waals surface area contributed by atoms with E-state index in [1.807, 2.05) is 39.1 Å². The quantitative estimate of drug-likeness (QED) is 0.797. The molecule has 5 heteroatoms. The van der Waals surface area contributed by atoms with Crippen LogP contribution in [0.5, 0.6) is 0 Å². The van der Waals surface area contributed by atoms with E-state index < -0.39 is 0 Å². The Morgan fingerprint density at radius 1 is 1.29 bits per heavy atom. The van der Waals surface area contributed by atoms with Crippen molar-refractivity contribution in [1.29, 1.82) is 0 Å². The van der Waals surface area contributed by atoms with Gasteiger partial charge in [-0.15, -0.1) is 0 Å². The number of hydrogen-bond acceptors (Lipinski definition) is 5. The molecule has 1 unspecified atom stereocenters. The first-order chi connectivity index (χ1) is 10.1. The number of furan rings is 1. The van der Waals surface area contributed by atoms with Crippen molar-refractivity contribution in [3.05, 3.63) is 35.2 Å². The predicted molar refractivity (Wildman–Crippen MR) is 81.2 cm³/mol. The van der Waals surface area contributed by atoms with Crippen LogP contribution in [0.1, 0.15) is 23.9 Å². The molecule has 0 spiro atoms. The van der Waals surface area contributed by atoms with Crippen molar-refractivity contribution in [1.82, 2.24) is 15.5 Å². The third-order valence-corrected chi connectivity index (χ3v) is 3.80. The highest BCUT2D eigenvalue weighted by molar-refractivity contribution is 5.88. The molecule has 0 radical (unpaired) electrons. The largest absolute Gasteiger partial charge is 0.450 e. The fourth-order valence-corrected chi connectivity index (χ4v) is 2.39. The topological polar surface area (TPSA) is 64.1 Å². The van der Waals surface area contributed by atoms with E-state index in [4.69, 9.17) is 8.94 Å². The Hall–Kier alpha value is -2.14. The van der Waals surface area contributed by atoms with Crippen molar-refractivity contribution < 1.29 is 8.94 Å². The van der Waals surface area contributed by atoms with Crippen molar-refractivity contribution in [2.75, 3.05) is 7.05 Å². The summed E-state index contributed by atoms with van der Waals surface area (Å²) < 4.78 is 11.3. The van der Waals surface area contributed by atoms with Crippen LogP contribution in [0.2, 0.25) is 0 Å². The van der Waals surface area contributed by atoms with E-state index in [0.29, 0.717) is 23.5 Å². The van der Waals surface area contributed by atoms with Crippen molar-refractivity contribution in [3.8, 4) is 11.7 Å². The molecular formula is C16H19N3O2. The number of hydrogen-bond donors (Lipinski definition) is 1. The molecule has 110 valence electrons. The van der Waals surface area contributed by atoms with Gasteiger partial charge in [0.2, 0.25) is 0 Å². The molecule has 0 saturated heterocycles. The Morgan fingerprint density at radius 2 is 2.10 bits per heavy atom. The number of fused-ring (bicyclic) bond motifs is 1. The molecule has 0 saturated carbocycles. The predicted octanol–water partition coefficient (Wildman–Crippen LogP) is 3.25. The second kappa shape index (κ2) is 5.33. The minimum atomic E-state index is 0.300. The summed E-state index contributed by atoms with van der Waals surface area (Å²) in [6.07, 6.45) is 0.721. The molecule has 0 bridgehead atoms. The molecule has 0 fully saturated rings. The SMILES string of the molecule is CNC(C)Cc1noc(-c2oc3c(C)cccc3c2C)n1. The van der Waals surface area contributed by atoms with E-state index in [0.717, 1.165) is 28.5 Å². The van der Waals surface area contributed by atoms with Crippen LogP contribution in [0.4, 0.5) is 0 Å². The average Bonchev–Trinajstić information content (AvgIpc) is 3.05. The summed E-state index contributed by atoms with van der Waals surface area (Å²) in [5.41, 5.74) is 3.02. The van der Waals surface area contributed by atoms with Gasteiger partial charge in [0, 0.05) is 23.4 Å². The second-order valence-corrected chi connectivity index (χ2v) is 5.42. The Bertz CT molecular complexity index is 773. The lowest BCUT2D eigenvalue weighted by atomic mass is 10.1. The second-order valence-electron chi connectivity index (χ2n) is 5.42. The molecule has 0 aliphatic carbocycles. The number of rotatable bonds is 4. The monoisotopic (exact) mass is 285 g/mol. The molecule has 1 N–H and O–H groups in total. The minimum Gasteiger partial charge on any atom is -0.450 e. The Balaban J connectivity index is 2.01. The van der Waals surface area contributed by atoms with E-state index in [2.05, 4.69) is 22.4 Å². The van der Waals surface area contributed by atoms with E-state index in [-0.39, 0.29) is 0 Å². The standard InChI is InChI=1S/C16H19N3O2/c1-9-6-5-7-12-11(3)15(20-14(9)12)16-18-13(19-21-16)8-10(2)17-4/h5-7,10,17H,8H2,1-4H3. The first-order valence-corrected chi connectivity index (χ1v) is 7.09. The molecular weight excluding hydrogens is 266 g/mol. The molecule has 1 atom stereocenters. The summed E-state index contributed by atoms with van der Waals surface area (Å²) in [5.74, 6) is 1.79. The van der Waals surface area contributed by atoms with Gasteiger partial charge in [0.25, 0.3) is 5.89 Å². The smallest absolute Gasteiger partial charge is 0.293 e. The molecule has 1 aromatic carbocycles. The highest BCUT2D eigenvalue weighted by Gasteiger charge is 2.19. The lowest BCUT2D eigenvalue weighted by Gasteiger charge is -2.04. The van der Waals surface area contributed by atoms with Gasteiger partial charge in [-0.05, 0) is 33.4 Å². The van der Waals surface area contributed by atoms with Gasteiger partial charge in [-0.1, -0.05) is 23.4 Å². The normalized spacial score (nSPS) is 13.0. The number of aromatic nitrogens is 2. The maximum Gasteiger partial charge on any atom is 0.293 e. The summed E-state index contributed by atoms with van der Waals surface area (Å²) in [6, 6.07) is 6.40. The maximum absolute atomic E-state index is 5.95. The number of nitrogens with one attached hydrogen (secondary N) is 1. The zero-order valence-corrected chi connectivity index (χ0v) is 12.7. The lowest BCUT2D eigenvalue weighted by Crippen LogP contribution is -2.24. The van der Waals surface area contributed by atoms with Gasteiger partial charge in [0.05, 0.1) is 0 Å². The van der Waals surface area contributed by atoms with Crippen LogP contribution in [0, 0.1) is 13.8 Å². The van der Waals surface area contributed by atoms with Crippen LogP contribution in [0.15, 0.2) is 27.1 Å². The Morgan fingerprint density at radius 3 is 2.81 bits per heavy atom. The molecule has 3 aromatic rings. The first kappa shape index (κ1) is 13.8. The summed E-state index contributed by atoms with van der Waals surface area (Å²) in [4.78, 5) is 4.44. The molecule has 0 aliphatic rings. The van der Waals surface area contributed by atoms with Crippen molar-refractivity contribution in [3.63, 3.8) is 0 Å². The fraction of sp³-hybridized carbons (Fsp3) is 0.375.